The number of carbonyl (C=O) groups is 1. The van der Waals surface area contributed by atoms with Crippen molar-refractivity contribution in [2.24, 2.45) is 0 Å². The number of carbonyl (C=O) groups excluding carboxylic acids is 1. The van der Waals surface area contributed by atoms with E-state index in [1.165, 1.54) is 18.5 Å². The zero-order chi connectivity index (χ0) is 23.4. The zero-order valence-electron chi connectivity index (χ0n) is 17.3. The number of hydrogen-bond acceptors (Lipinski definition) is 6. The number of amides is 1. The third-order valence-corrected chi connectivity index (χ3v) is 4.71. The first-order valence-electron chi connectivity index (χ1n) is 9.74. The van der Waals surface area contributed by atoms with Gasteiger partial charge >= 0.3 is 6.18 Å². The molecule has 0 aliphatic rings. The summed E-state index contributed by atoms with van der Waals surface area (Å²) in [5.74, 6) is -0.334. The fraction of sp³-hybridized carbons (Fsp3) is 0.0870. The first-order chi connectivity index (χ1) is 15.8. The van der Waals surface area contributed by atoms with Gasteiger partial charge in [-0.3, -0.25) is 4.79 Å². The second-order valence-electron chi connectivity index (χ2n) is 7.08. The van der Waals surface area contributed by atoms with Gasteiger partial charge in [-0.15, -0.1) is 0 Å². The summed E-state index contributed by atoms with van der Waals surface area (Å²) in [7, 11) is 0. The Balaban J connectivity index is 1.54. The first kappa shape index (κ1) is 21.9. The minimum atomic E-state index is -4.53. The van der Waals surface area contributed by atoms with Crippen LogP contribution in [0.1, 0.15) is 21.5 Å². The molecule has 0 unspecified atom stereocenters. The molecule has 2 aromatic heterocycles. The van der Waals surface area contributed by atoms with Crippen molar-refractivity contribution in [2.45, 2.75) is 13.1 Å². The fourth-order valence-corrected chi connectivity index (χ4v) is 3.01. The summed E-state index contributed by atoms with van der Waals surface area (Å²) in [6.45, 7) is 1.86. The average Bonchev–Trinajstić information content (AvgIpc) is 2.81. The van der Waals surface area contributed by atoms with Crippen LogP contribution in [0.15, 0.2) is 73.4 Å². The van der Waals surface area contributed by atoms with Gasteiger partial charge in [0.15, 0.2) is 0 Å². The lowest BCUT2D eigenvalue weighted by atomic mass is 10.1. The third kappa shape index (κ3) is 5.29. The van der Waals surface area contributed by atoms with Crippen molar-refractivity contribution in [3.05, 3.63) is 90.1 Å². The van der Waals surface area contributed by atoms with Gasteiger partial charge < -0.3 is 10.6 Å². The maximum Gasteiger partial charge on any atom is 0.416 e. The molecule has 0 saturated carbocycles. The van der Waals surface area contributed by atoms with Crippen molar-refractivity contribution in [3.63, 3.8) is 0 Å². The summed E-state index contributed by atoms with van der Waals surface area (Å²) in [6, 6.07) is 11.1. The molecule has 0 saturated heterocycles. The van der Waals surface area contributed by atoms with Gasteiger partial charge in [0, 0.05) is 41.1 Å². The highest BCUT2D eigenvalue weighted by Gasteiger charge is 2.30. The number of rotatable bonds is 5. The van der Waals surface area contributed by atoms with Crippen LogP contribution in [0, 0.1) is 6.92 Å². The number of benzene rings is 2. The molecule has 10 heteroatoms. The van der Waals surface area contributed by atoms with Crippen molar-refractivity contribution < 1.29 is 18.0 Å². The van der Waals surface area contributed by atoms with Crippen molar-refractivity contribution in [1.82, 2.24) is 19.9 Å². The number of nitrogens with zero attached hydrogens (tertiary/aromatic N) is 4. The molecule has 4 aromatic rings. The third-order valence-electron chi connectivity index (χ3n) is 4.71. The van der Waals surface area contributed by atoms with Crippen LogP contribution in [0.3, 0.4) is 0 Å². The van der Waals surface area contributed by atoms with Gasteiger partial charge in [-0.2, -0.15) is 13.2 Å². The molecule has 4 rings (SSSR count). The molecule has 166 valence electrons. The SMILES string of the molecule is Cc1ccc(NC(=O)c2cccc(C(F)(F)F)c2)cc1Nc1nccc(-c2cncnc2)n1. The number of anilines is 3. The van der Waals surface area contributed by atoms with E-state index in [0.717, 1.165) is 23.3 Å². The van der Waals surface area contributed by atoms with E-state index in [0.29, 0.717) is 23.0 Å². The van der Waals surface area contributed by atoms with Crippen molar-refractivity contribution in [1.29, 1.82) is 0 Å². The lowest BCUT2D eigenvalue weighted by Gasteiger charge is -2.13. The van der Waals surface area contributed by atoms with E-state index < -0.39 is 17.6 Å². The molecule has 1 amide bonds. The van der Waals surface area contributed by atoms with Crippen LogP contribution in [0.5, 0.6) is 0 Å². The number of alkyl halides is 3. The molecular formula is C23H17F3N6O. The Kier molecular flexibility index (Phi) is 5.99. The van der Waals surface area contributed by atoms with Crippen LogP contribution in [0.4, 0.5) is 30.5 Å². The van der Waals surface area contributed by atoms with Gasteiger partial charge in [-0.1, -0.05) is 12.1 Å². The molecule has 0 atom stereocenters. The predicted molar refractivity (Wildman–Crippen MR) is 117 cm³/mol. The fourth-order valence-electron chi connectivity index (χ4n) is 3.01. The maximum absolute atomic E-state index is 12.9. The van der Waals surface area contributed by atoms with E-state index in [2.05, 4.69) is 30.6 Å². The van der Waals surface area contributed by atoms with E-state index >= 15 is 0 Å². The monoisotopic (exact) mass is 450 g/mol. The Morgan fingerprint density at radius 2 is 1.79 bits per heavy atom. The number of halogens is 3. The Labute approximate surface area is 186 Å². The normalized spacial score (nSPS) is 11.2. The molecule has 0 fully saturated rings. The smallest absolute Gasteiger partial charge is 0.324 e. The Morgan fingerprint density at radius 1 is 1.00 bits per heavy atom. The molecule has 0 spiro atoms. The van der Waals surface area contributed by atoms with Crippen LogP contribution in [0.2, 0.25) is 0 Å². The molecule has 0 aliphatic heterocycles. The number of aryl methyl sites for hydroxylation is 1. The van der Waals surface area contributed by atoms with Crippen LogP contribution in [-0.4, -0.2) is 25.8 Å². The highest BCUT2D eigenvalue weighted by molar-refractivity contribution is 6.04. The summed E-state index contributed by atoms with van der Waals surface area (Å²) >= 11 is 0. The van der Waals surface area contributed by atoms with Crippen LogP contribution < -0.4 is 10.6 Å². The van der Waals surface area contributed by atoms with Crippen molar-refractivity contribution >= 4 is 23.2 Å². The Hall–Kier alpha value is -4.34. The number of hydrogen-bond donors (Lipinski definition) is 2. The minimum absolute atomic E-state index is 0.0963. The van der Waals surface area contributed by atoms with Gasteiger partial charge in [-0.05, 0) is 48.9 Å². The van der Waals surface area contributed by atoms with E-state index in [-0.39, 0.29) is 5.56 Å². The molecule has 2 N–H and O–H groups in total. The summed E-state index contributed by atoms with van der Waals surface area (Å²) in [4.78, 5) is 29.1. The van der Waals surface area contributed by atoms with Crippen molar-refractivity contribution in [2.75, 3.05) is 10.6 Å². The summed E-state index contributed by atoms with van der Waals surface area (Å²) in [5.41, 5.74) is 2.24. The summed E-state index contributed by atoms with van der Waals surface area (Å²) in [5, 5.41) is 5.73. The summed E-state index contributed by atoms with van der Waals surface area (Å²) in [6.07, 6.45) is 1.75. The molecular weight excluding hydrogens is 433 g/mol. The van der Waals surface area contributed by atoms with Gasteiger partial charge in [0.2, 0.25) is 5.95 Å². The summed E-state index contributed by atoms with van der Waals surface area (Å²) < 4.78 is 38.8. The van der Waals surface area contributed by atoms with Gasteiger partial charge in [-0.25, -0.2) is 19.9 Å². The van der Waals surface area contributed by atoms with Gasteiger partial charge in [0.1, 0.15) is 6.33 Å². The number of aromatic nitrogens is 4. The average molecular weight is 450 g/mol. The second kappa shape index (κ2) is 9.03. The Morgan fingerprint density at radius 3 is 2.55 bits per heavy atom. The van der Waals surface area contributed by atoms with Crippen LogP contribution in [-0.2, 0) is 6.18 Å². The molecule has 33 heavy (non-hydrogen) atoms. The highest BCUT2D eigenvalue weighted by atomic mass is 19.4. The quantitative estimate of drug-likeness (QED) is 0.431. The molecule has 0 bridgehead atoms. The molecule has 2 heterocycles. The minimum Gasteiger partial charge on any atom is -0.324 e. The van der Waals surface area contributed by atoms with E-state index in [1.807, 2.05) is 6.92 Å². The van der Waals surface area contributed by atoms with Crippen LogP contribution >= 0.6 is 0 Å². The standard InChI is InChI=1S/C23H17F3N6O/c1-14-5-6-18(30-21(33)15-3-2-4-17(9-15)23(24,25)26)10-20(14)32-22-29-8-7-19(31-22)16-11-27-13-28-12-16/h2-13H,1H3,(H,30,33)(H,29,31,32). The molecule has 7 nitrogen and oxygen atoms in total. The van der Waals surface area contributed by atoms with Gasteiger partial charge in [0.25, 0.3) is 5.91 Å². The predicted octanol–water partition coefficient (Wildman–Crippen LogP) is 5.26. The van der Waals surface area contributed by atoms with Crippen LogP contribution in [0.25, 0.3) is 11.3 Å². The lowest BCUT2D eigenvalue weighted by Crippen LogP contribution is -2.14. The lowest BCUT2D eigenvalue weighted by molar-refractivity contribution is -0.137. The van der Waals surface area contributed by atoms with Gasteiger partial charge in [0.05, 0.1) is 11.3 Å². The molecule has 0 radical (unpaired) electrons. The van der Waals surface area contributed by atoms with E-state index in [4.69, 9.17) is 0 Å². The molecule has 0 aliphatic carbocycles. The number of nitrogens with one attached hydrogen (secondary N) is 2. The topological polar surface area (TPSA) is 92.7 Å². The maximum atomic E-state index is 12.9. The van der Waals surface area contributed by atoms with E-state index in [1.54, 1.807) is 42.9 Å². The zero-order valence-corrected chi connectivity index (χ0v) is 17.3. The highest BCUT2D eigenvalue weighted by Crippen LogP contribution is 2.30. The van der Waals surface area contributed by atoms with Crippen molar-refractivity contribution in [3.8, 4) is 11.3 Å². The first-order valence-corrected chi connectivity index (χ1v) is 9.74. The van der Waals surface area contributed by atoms with E-state index in [9.17, 15) is 18.0 Å². The Bertz CT molecular complexity index is 1290. The largest absolute Gasteiger partial charge is 0.416 e. The molecule has 2 aromatic carbocycles. The second-order valence-corrected chi connectivity index (χ2v) is 7.08.